The number of halogens is 1. The number of nitrogens with one attached hydrogen (secondary N) is 2. The third-order valence-corrected chi connectivity index (χ3v) is 6.15. The molecule has 1 aromatic carbocycles. The van der Waals surface area contributed by atoms with Crippen LogP contribution < -0.4 is 10.1 Å². The van der Waals surface area contributed by atoms with Crippen molar-refractivity contribution >= 4 is 44.8 Å². The highest BCUT2D eigenvalue weighted by Gasteiger charge is 2.16. The van der Waals surface area contributed by atoms with Gasteiger partial charge in [-0.1, -0.05) is 29.0 Å². The van der Waals surface area contributed by atoms with Gasteiger partial charge in [-0.2, -0.15) is 5.10 Å². The third-order valence-electron chi connectivity index (χ3n) is 4.95. The number of H-pyrrole nitrogens is 1. The Morgan fingerprint density at radius 3 is 2.79 bits per heavy atom. The van der Waals surface area contributed by atoms with Crippen molar-refractivity contribution in [1.82, 2.24) is 25.1 Å². The minimum atomic E-state index is -0.0583. The van der Waals surface area contributed by atoms with Gasteiger partial charge in [0.2, 0.25) is 0 Å². The lowest BCUT2D eigenvalue weighted by Gasteiger charge is -2.11. The molecular formula is C23H19ClN6O2S. The van der Waals surface area contributed by atoms with Crippen LogP contribution in [-0.4, -0.2) is 36.9 Å². The Morgan fingerprint density at radius 1 is 1.09 bits per heavy atom. The van der Waals surface area contributed by atoms with Crippen molar-refractivity contribution in [3.05, 3.63) is 76.6 Å². The minimum Gasteiger partial charge on any atom is -0.491 e. The van der Waals surface area contributed by atoms with Crippen molar-refractivity contribution in [3.63, 3.8) is 0 Å². The van der Waals surface area contributed by atoms with E-state index in [0.29, 0.717) is 40.4 Å². The SMILES string of the molecule is OCc1cnc(Nc2n[nH]c3c(OCCc4ccccn4)cc(-c4ncccc4Cl)cc23)s1. The summed E-state index contributed by atoms with van der Waals surface area (Å²) in [6.45, 7) is 0.386. The smallest absolute Gasteiger partial charge is 0.188 e. The number of benzene rings is 1. The topological polar surface area (TPSA) is 109 Å². The molecule has 0 unspecified atom stereocenters. The molecule has 0 aliphatic heterocycles. The normalized spacial score (nSPS) is 11.1. The van der Waals surface area contributed by atoms with Gasteiger partial charge in [0, 0.05) is 41.7 Å². The van der Waals surface area contributed by atoms with Gasteiger partial charge in [-0.15, -0.1) is 0 Å². The van der Waals surface area contributed by atoms with E-state index in [-0.39, 0.29) is 6.61 Å². The van der Waals surface area contributed by atoms with Crippen LogP contribution in [0.4, 0.5) is 10.9 Å². The lowest BCUT2D eigenvalue weighted by molar-refractivity contribution is 0.285. The summed E-state index contributed by atoms with van der Waals surface area (Å²) in [4.78, 5) is 13.8. The molecule has 0 bridgehead atoms. The summed E-state index contributed by atoms with van der Waals surface area (Å²) < 4.78 is 6.15. The van der Waals surface area contributed by atoms with E-state index in [0.717, 1.165) is 27.0 Å². The molecule has 0 saturated carbocycles. The lowest BCUT2D eigenvalue weighted by atomic mass is 10.1. The van der Waals surface area contributed by atoms with Gasteiger partial charge in [0.15, 0.2) is 10.9 Å². The number of aliphatic hydroxyl groups excluding tert-OH is 1. The Labute approximate surface area is 198 Å². The van der Waals surface area contributed by atoms with Crippen LogP contribution in [0.5, 0.6) is 5.75 Å². The number of anilines is 2. The van der Waals surface area contributed by atoms with E-state index in [4.69, 9.17) is 16.3 Å². The molecule has 0 amide bonds. The van der Waals surface area contributed by atoms with Crippen LogP contribution in [0.2, 0.25) is 5.02 Å². The highest BCUT2D eigenvalue weighted by molar-refractivity contribution is 7.15. The molecule has 8 nitrogen and oxygen atoms in total. The number of ether oxygens (including phenoxy) is 1. The van der Waals surface area contributed by atoms with Crippen molar-refractivity contribution in [2.75, 3.05) is 11.9 Å². The van der Waals surface area contributed by atoms with Gasteiger partial charge in [0.25, 0.3) is 0 Å². The summed E-state index contributed by atoms with van der Waals surface area (Å²) in [6.07, 6.45) is 5.77. The number of thiazole rings is 1. The number of fused-ring (bicyclic) bond motifs is 1. The van der Waals surface area contributed by atoms with Crippen LogP contribution in [0.15, 0.2) is 61.1 Å². The number of aromatic amines is 1. The summed E-state index contributed by atoms with van der Waals surface area (Å²) in [7, 11) is 0. The largest absolute Gasteiger partial charge is 0.491 e. The van der Waals surface area contributed by atoms with Crippen molar-refractivity contribution in [2.45, 2.75) is 13.0 Å². The van der Waals surface area contributed by atoms with Crippen molar-refractivity contribution in [1.29, 1.82) is 0 Å². The highest BCUT2D eigenvalue weighted by Crippen LogP contribution is 2.37. The molecule has 166 valence electrons. The van der Waals surface area contributed by atoms with Gasteiger partial charge < -0.3 is 15.2 Å². The molecule has 0 aliphatic rings. The first kappa shape index (κ1) is 21.3. The standard InChI is InChI=1S/C23H19ClN6O2S/c24-18-5-3-8-26-20(18)14-10-17-21(19(11-14)32-9-6-15-4-1-2-7-25-15)29-30-22(17)28-23-27-12-16(13-31)33-23/h1-5,7-8,10-12,31H,6,9,13H2,(H2,27,28,29,30). The van der Waals surface area contributed by atoms with Gasteiger partial charge in [0.05, 0.1) is 28.8 Å². The molecule has 5 aromatic rings. The number of pyridine rings is 2. The van der Waals surface area contributed by atoms with E-state index in [1.807, 2.05) is 30.3 Å². The third kappa shape index (κ3) is 4.65. The molecule has 0 aliphatic carbocycles. The van der Waals surface area contributed by atoms with Crippen LogP contribution in [0.25, 0.3) is 22.2 Å². The summed E-state index contributed by atoms with van der Waals surface area (Å²) in [5.74, 6) is 1.23. The first-order valence-electron chi connectivity index (χ1n) is 10.2. The Hall–Kier alpha value is -3.53. The second-order valence-corrected chi connectivity index (χ2v) is 8.66. The fourth-order valence-corrected chi connectivity index (χ4v) is 4.29. The fourth-order valence-electron chi connectivity index (χ4n) is 3.38. The van der Waals surface area contributed by atoms with Gasteiger partial charge in [-0.3, -0.25) is 15.1 Å². The van der Waals surface area contributed by atoms with Crippen LogP contribution in [0.3, 0.4) is 0 Å². The van der Waals surface area contributed by atoms with Crippen molar-refractivity contribution in [3.8, 4) is 17.0 Å². The van der Waals surface area contributed by atoms with Crippen molar-refractivity contribution in [2.24, 2.45) is 0 Å². The van der Waals surface area contributed by atoms with Crippen molar-refractivity contribution < 1.29 is 9.84 Å². The van der Waals surface area contributed by atoms with E-state index in [1.54, 1.807) is 30.7 Å². The van der Waals surface area contributed by atoms with E-state index < -0.39 is 0 Å². The van der Waals surface area contributed by atoms with Gasteiger partial charge in [-0.25, -0.2) is 4.98 Å². The molecule has 0 saturated heterocycles. The zero-order valence-electron chi connectivity index (χ0n) is 17.3. The molecule has 4 heterocycles. The summed E-state index contributed by atoms with van der Waals surface area (Å²) >= 11 is 7.79. The lowest BCUT2D eigenvalue weighted by Crippen LogP contribution is -2.03. The maximum Gasteiger partial charge on any atom is 0.188 e. The Balaban J connectivity index is 1.51. The van der Waals surface area contributed by atoms with Crippen LogP contribution in [-0.2, 0) is 13.0 Å². The zero-order valence-corrected chi connectivity index (χ0v) is 18.9. The number of rotatable bonds is 8. The Morgan fingerprint density at radius 2 is 2.00 bits per heavy atom. The summed E-state index contributed by atoms with van der Waals surface area (Å²) in [6, 6.07) is 13.3. The summed E-state index contributed by atoms with van der Waals surface area (Å²) in [5, 5.41) is 22.0. The maximum atomic E-state index is 9.32. The molecule has 3 N–H and O–H groups in total. The predicted molar refractivity (Wildman–Crippen MR) is 129 cm³/mol. The van der Waals surface area contributed by atoms with Crippen LogP contribution in [0, 0.1) is 0 Å². The van der Waals surface area contributed by atoms with Gasteiger partial charge in [-0.05, 0) is 36.4 Å². The molecule has 4 aromatic heterocycles. The average molecular weight is 479 g/mol. The maximum absolute atomic E-state index is 9.32. The van der Waals surface area contributed by atoms with E-state index in [2.05, 4.69) is 30.5 Å². The monoisotopic (exact) mass is 478 g/mol. The molecule has 5 rings (SSSR count). The quantitative estimate of drug-likeness (QED) is 0.288. The first-order chi connectivity index (χ1) is 16.2. The molecule has 0 spiro atoms. The van der Waals surface area contributed by atoms with E-state index >= 15 is 0 Å². The van der Waals surface area contributed by atoms with Crippen LogP contribution in [0.1, 0.15) is 10.6 Å². The second-order valence-electron chi connectivity index (χ2n) is 7.14. The minimum absolute atomic E-state index is 0.0583. The van der Waals surface area contributed by atoms with Gasteiger partial charge >= 0.3 is 0 Å². The van der Waals surface area contributed by atoms with E-state index in [9.17, 15) is 5.11 Å². The number of aromatic nitrogens is 5. The Kier molecular flexibility index (Phi) is 6.16. The van der Waals surface area contributed by atoms with E-state index in [1.165, 1.54) is 11.3 Å². The molecule has 0 fully saturated rings. The second kappa shape index (κ2) is 9.53. The molecular weight excluding hydrogens is 460 g/mol. The number of nitrogens with zero attached hydrogens (tertiary/aromatic N) is 4. The summed E-state index contributed by atoms with van der Waals surface area (Å²) in [5.41, 5.74) is 3.15. The zero-order chi connectivity index (χ0) is 22.6. The molecule has 0 atom stereocenters. The van der Waals surface area contributed by atoms with Crippen LogP contribution >= 0.6 is 22.9 Å². The number of hydrogen-bond acceptors (Lipinski definition) is 8. The predicted octanol–water partition coefficient (Wildman–Crippen LogP) is 4.99. The van der Waals surface area contributed by atoms with Gasteiger partial charge in [0.1, 0.15) is 11.3 Å². The molecule has 10 heteroatoms. The highest BCUT2D eigenvalue weighted by atomic mass is 35.5. The average Bonchev–Trinajstić information content (AvgIpc) is 3.47. The number of hydrogen-bond donors (Lipinski definition) is 3. The Bertz CT molecular complexity index is 1390. The molecule has 33 heavy (non-hydrogen) atoms. The molecule has 0 radical (unpaired) electrons. The fraction of sp³-hybridized carbons (Fsp3) is 0.130. The first-order valence-corrected chi connectivity index (χ1v) is 11.4. The number of aliphatic hydroxyl groups is 1.